The molecule has 2 saturated heterocycles. The average molecular weight is 302 g/mol. The Morgan fingerprint density at radius 1 is 1.14 bits per heavy atom. The molecule has 2 unspecified atom stereocenters. The van der Waals surface area contributed by atoms with E-state index >= 15 is 0 Å². The van der Waals surface area contributed by atoms with Gasteiger partial charge in [-0.15, -0.1) is 0 Å². The number of anilines is 1. The lowest BCUT2D eigenvalue weighted by atomic mass is 9.97. The van der Waals surface area contributed by atoms with Crippen LogP contribution in [0.3, 0.4) is 0 Å². The molecule has 2 heterocycles. The number of nitrogens with one attached hydrogen (secondary N) is 1. The molecule has 0 radical (unpaired) electrons. The van der Waals surface area contributed by atoms with Gasteiger partial charge >= 0.3 is 6.09 Å². The second-order valence-corrected chi connectivity index (χ2v) is 7.45. The van der Waals surface area contributed by atoms with E-state index < -0.39 is 5.60 Å². The Balaban J connectivity index is 1.63. The van der Waals surface area contributed by atoms with E-state index in [1.54, 1.807) is 0 Å². The Bertz CT molecular complexity index is 510. The van der Waals surface area contributed by atoms with Crippen molar-refractivity contribution in [2.24, 2.45) is 0 Å². The molecule has 2 aliphatic heterocycles. The van der Waals surface area contributed by atoms with Crippen molar-refractivity contribution in [3.8, 4) is 0 Å². The van der Waals surface area contributed by atoms with Crippen molar-refractivity contribution in [3.63, 3.8) is 0 Å². The van der Waals surface area contributed by atoms with Gasteiger partial charge in [0.05, 0.1) is 0 Å². The zero-order valence-corrected chi connectivity index (χ0v) is 13.7. The second kappa shape index (κ2) is 5.82. The number of amides is 1. The first-order valence-electron chi connectivity index (χ1n) is 8.25. The third-order valence-electron chi connectivity index (χ3n) is 4.48. The smallest absolute Gasteiger partial charge is 0.410 e. The van der Waals surface area contributed by atoms with Crippen molar-refractivity contribution in [2.45, 2.75) is 70.2 Å². The van der Waals surface area contributed by atoms with E-state index in [2.05, 4.69) is 17.4 Å². The summed E-state index contributed by atoms with van der Waals surface area (Å²) in [6.07, 6.45) is 4.06. The SMILES string of the molecule is CC(C)(C)OC(=O)N1C2CCC1CC(Nc1ccccc1)C2. The summed E-state index contributed by atoms with van der Waals surface area (Å²) >= 11 is 0. The molecule has 2 fully saturated rings. The molecule has 1 amide bonds. The van der Waals surface area contributed by atoms with Crippen LogP contribution in [0.4, 0.5) is 10.5 Å². The van der Waals surface area contributed by atoms with Crippen LogP contribution in [-0.4, -0.2) is 34.7 Å². The van der Waals surface area contributed by atoms with Crippen molar-refractivity contribution in [3.05, 3.63) is 30.3 Å². The number of ether oxygens (including phenoxy) is 1. The molecule has 120 valence electrons. The zero-order chi connectivity index (χ0) is 15.7. The van der Waals surface area contributed by atoms with Crippen molar-refractivity contribution >= 4 is 11.8 Å². The molecular formula is C18H26N2O2. The Hall–Kier alpha value is -1.71. The first kappa shape index (κ1) is 15.2. The van der Waals surface area contributed by atoms with Crippen LogP contribution in [0.5, 0.6) is 0 Å². The molecule has 0 aromatic heterocycles. The molecule has 0 spiro atoms. The van der Waals surface area contributed by atoms with Crippen LogP contribution in [0.15, 0.2) is 30.3 Å². The predicted octanol–water partition coefficient (Wildman–Crippen LogP) is 4.03. The first-order chi connectivity index (χ1) is 10.4. The Morgan fingerprint density at radius 3 is 2.27 bits per heavy atom. The number of nitrogens with zero attached hydrogens (tertiary/aromatic N) is 1. The van der Waals surface area contributed by atoms with Crippen molar-refractivity contribution in [2.75, 3.05) is 5.32 Å². The molecule has 4 heteroatoms. The fourth-order valence-electron chi connectivity index (χ4n) is 3.68. The maximum atomic E-state index is 12.4. The quantitative estimate of drug-likeness (QED) is 0.897. The summed E-state index contributed by atoms with van der Waals surface area (Å²) in [7, 11) is 0. The van der Waals surface area contributed by atoms with E-state index in [-0.39, 0.29) is 6.09 Å². The van der Waals surface area contributed by atoms with Gasteiger partial charge in [0, 0.05) is 23.8 Å². The fraction of sp³-hybridized carbons (Fsp3) is 0.611. The van der Waals surface area contributed by atoms with Crippen LogP contribution >= 0.6 is 0 Å². The molecule has 1 aromatic carbocycles. The molecule has 4 nitrogen and oxygen atoms in total. The van der Waals surface area contributed by atoms with E-state index in [1.807, 2.05) is 43.9 Å². The van der Waals surface area contributed by atoms with Gasteiger partial charge in [-0.25, -0.2) is 4.79 Å². The van der Waals surface area contributed by atoms with Gasteiger partial charge < -0.3 is 15.0 Å². The molecule has 3 rings (SSSR count). The minimum Gasteiger partial charge on any atom is -0.444 e. The Labute approximate surface area is 132 Å². The number of carbonyl (C=O) groups is 1. The highest BCUT2D eigenvalue weighted by Crippen LogP contribution is 2.37. The average Bonchev–Trinajstić information content (AvgIpc) is 2.70. The van der Waals surface area contributed by atoms with Gasteiger partial charge in [-0.05, 0) is 58.6 Å². The van der Waals surface area contributed by atoms with E-state index in [9.17, 15) is 4.79 Å². The van der Waals surface area contributed by atoms with Crippen molar-refractivity contribution in [1.82, 2.24) is 4.90 Å². The monoisotopic (exact) mass is 302 g/mol. The number of benzene rings is 1. The molecule has 22 heavy (non-hydrogen) atoms. The lowest BCUT2D eigenvalue weighted by molar-refractivity contribution is 0.00684. The van der Waals surface area contributed by atoms with Crippen LogP contribution in [0.1, 0.15) is 46.5 Å². The lowest BCUT2D eigenvalue weighted by Gasteiger charge is -2.40. The molecule has 2 atom stereocenters. The summed E-state index contributed by atoms with van der Waals surface area (Å²) in [6, 6.07) is 11.4. The van der Waals surface area contributed by atoms with Gasteiger partial charge in [-0.3, -0.25) is 0 Å². The summed E-state index contributed by atoms with van der Waals surface area (Å²) < 4.78 is 5.58. The van der Waals surface area contributed by atoms with Crippen LogP contribution in [-0.2, 0) is 4.74 Å². The van der Waals surface area contributed by atoms with Gasteiger partial charge in [0.1, 0.15) is 5.60 Å². The van der Waals surface area contributed by atoms with Crippen molar-refractivity contribution in [1.29, 1.82) is 0 Å². The molecule has 2 bridgehead atoms. The van der Waals surface area contributed by atoms with E-state index in [1.165, 1.54) is 0 Å². The van der Waals surface area contributed by atoms with E-state index in [0.29, 0.717) is 18.1 Å². The molecule has 1 aromatic rings. The maximum Gasteiger partial charge on any atom is 0.410 e. The largest absolute Gasteiger partial charge is 0.444 e. The standard InChI is InChI=1S/C18H26N2O2/c1-18(2,3)22-17(21)20-15-9-10-16(20)12-14(11-15)19-13-7-5-4-6-8-13/h4-8,14-16,19H,9-12H2,1-3H3. The number of rotatable bonds is 2. The summed E-state index contributed by atoms with van der Waals surface area (Å²) in [6.45, 7) is 5.78. The van der Waals surface area contributed by atoms with Crippen LogP contribution in [0, 0.1) is 0 Å². The normalized spacial score (nSPS) is 27.6. The fourth-order valence-corrected chi connectivity index (χ4v) is 3.68. The number of para-hydroxylation sites is 1. The van der Waals surface area contributed by atoms with Gasteiger partial charge in [0.2, 0.25) is 0 Å². The van der Waals surface area contributed by atoms with Crippen LogP contribution in [0.25, 0.3) is 0 Å². The molecule has 0 aliphatic carbocycles. The maximum absolute atomic E-state index is 12.4. The minimum absolute atomic E-state index is 0.141. The molecular weight excluding hydrogens is 276 g/mol. The van der Waals surface area contributed by atoms with Crippen LogP contribution in [0.2, 0.25) is 0 Å². The summed E-state index contributed by atoms with van der Waals surface area (Å²) in [4.78, 5) is 14.4. The summed E-state index contributed by atoms with van der Waals surface area (Å²) in [5, 5.41) is 3.61. The second-order valence-electron chi connectivity index (χ2n) is 7.45. The highest BCUT2D eigenvalue weighted by molar-refractivity contribution is 5.69. The molecule has 2 aliphatic rings. The third-order valence-corrected chi connectivity index (χ3v) is 4.48. The van der Waals surface area contributed by atoms with Gasteiger partial charge in [0.25, 0.3) is 0 Å². The van der Waals surface area contributed by atoms with Gasteiger partial charge in [-0.1, -0.05) is 18.2 Å². The van der Waals surface area contributed by atoms with Crippen LogP contribution < -0.4 is 5.32 Å². The molecule has 1 N–H and O–H groups in total. The number of fused-ring (bicyclic) bond motifs is 2. The van der Waals surface area contributed by atoms with Gasteiger partial charge in [0.15, 0.2) is 0 Å². The van der Waals surface area contributed by atoms with Gasteiger partial charge in [-0.2, -0.15) is 0 Å². The predicted molar refractivity (Wildman–Crippen MR) is 88.0 cm³/mol. The Kier molecular flexibility index (Phi) is 4.02. The Morgan fingerprint density at radius 2 is 1.73 bits per heavy atom. The third kappa shape index (κ3) is 3.37. The lowest BCUT2D eigenvalue weighted by Crippen LogP contribution is -2.51. The number of carbonyl (C=O) groups excluding carboxylic acids is 1. The van der Waals surface area contributed by atoms with E-state index in [4.69, 9.17) is 4.74 Å². The van der Waals surface area contributed by atoms with Crippen molar-refractivity contribution < 1.29 is 9.53 Å². The zero-order valence-electron chi connectivity index (χ0n) is 13.7. The topological polar surface area (TPSA) is 41.6 Å². The number of piperidine rings is 1. The summed E-state index contributed by atoms with van der Waals surface area (Å²) in [5.41, 5.74) is 0.743. The first-order valence-corrected chi connectivity index (χ1v) is 8.25. The highest BCUT2D eigenvalue weighted by atomic mass is 16.6. The minimum atomic E-state index is -0.421. The van der Waals surface area contributed by atoms with E-state index in [0.717, 1.165) is 31.4 Å². The number of hydrogen-bond donors (Lipinski definition) is 1. The summed E-state index contributed by atoms with van der Waals surface area (Å²) in [5.74, 6) is 0. The highest BCUT2D eigenvalue weighted by Gasteiger charge is 2.44. The molecule has 0 saturated carbocycles. The number of hydrogen-bond acceptors (Lipinski definition) is 3.